The van der Waals surface area contributed by atoms with Gasteiger partial charge < -0.3 is 15.8 Å². The molecule has 3 N–H and O–H groups in total. The van der Waals surface area contributed by atoms with Crippen molar-refractivity contribution in [1.82, 2.24) is 19.9 Å². The molecule has 35 heavy (non-hydrogen) atoms. The highest BCUT2D eigenvalue weighted by Crippen LogP contribution is 2.37. The predicted molar refractivity (Wildman–Crippen MR) is 134 cm³/mol. The second-order valence-corrected chi connectivity index (χ2v) is 9.50. The van der Waals surface area contributed by atoms with Crippen molar-refractivity contribution in [2.24, 2.45) is 5.73 Å². The van der Waals surface area contributed by atoms with Gasteiger partial charge in [-0.15, -0.1) is 11.3 Å². The number of aryl methyl sites for hydroxylation is 1. The third-order valence-electron chi connectivity index (χ3n) is 6.09. The van der Waals surface area contributed by atoms with Gasteiger partial charge in [0, 0.05) is 31.9 Å². The smallest absolute Gasteiger partial charge is 0.259 e. The van der Waals surface area contributed by atoms with E-state index in [-0.39, 0.29) is 11.9 Å². The molecule has 1 aliphatic rings. The van der Waals surface area contributed by atoms with Crippen LogP contribution in [-0.2, 0) is 6.54 Å². The summed E-state index contributed by atoms with van der Waals surface area (Å²) in [6.45, 7) is 4.36. The van der Waals surface area contributed by atoms with Crippen LogP contribution in [0.4, 0.5) is 15.9 Å². The first kappa shape index (κ1) is 23.1. The zero-order chi connectivity index (χ0) is 24.4. The quantitative estimate of drug-likeness (QED) is 0.393. The summed E-state index contributed by atoms with van der Waals surface area (Å²) in [6.07, 6.45) is 4.85. The topological polar surface area (TPSA) is 106 Å². The van der Waals surface area contributed by atoms with Crippen molar-refractivity contribution >= 4 is 39.0 Å². The number of primary amides is 1. The van der Waals surface area contributed by atoms with Gasteiger partial charge in [0.15, 0.2) is 0 Å². The Morgan fingerprint density at radius 1 is 1.23 bits per heavy atom. The van der Waals surface area contributed by atoms with Crippen LogP contribution in [0.1, 0.15) is 33.8 Å². The van der Waals surface area contributed by atoms with Crippen molar-refractivity contribution in [3.05, 3.63) is 70.9 Å². The summed E-state index contributed by atoms with van der Waals surface area (Å²) in [5.74, 6) is 0.0474. The number of nitrogens with zero attached hydrogens (tertiary/aromatic N) is 4. The van der Waals surface area contributed by atoms with Gasteiger partial charge in [-0.1, -0.05) is 6.07 Å². The molecular formula is C25H25FN6O2S. The largest absolute Gasteiger partial charge is 0.488 e. The van der Waals surface area contributed by atoms with Gasteiger partial charge in [0.05, 0.1) is 21.6 Å². The van der Waals surface area contributed by atoms with Crippen LogP contribution < -0.4 is 15.8 Å². The summed E-state index contributed by atoms with van der Waals surface area (Å²) in [6, 6.07) is 10.3. The minimum atomic E-state index is -0.503. The van der Waals surface area contributed by atoms with E-state index in [0.29, 0.717) is 37.9 Å². The molecule has 0 saturated carbocycles. The van der Waals surface area contributed by atoms with Crippen molar-refractivity contribution in [2.75, 3.05) is 18.4 Å². The molecule has 180 valence electrons. The van der Waals surface area contributed by atoms with Gasteiger partial charge in [0.25, 0.3) is 5.91 Å². The number of likely N-dealkylation sites (tertiary alicyclic amines) is 1. The number of halogens is 1. The third-order valence-corrected chi connectivity index (χ3v) is 7.30. The first-order valence-electron chi connectivity index (χ1n) is 11.4. The Balaban J connectivity index is 1.32. The number of carbonyl (C=O) groups is 1. The zero-order valence-corrected chi connectivity index (χ0v) is 20.0. The zero-order valence-electron chi connectivity index (χ0n) is 19.2. The Kier molecular flexibility index (Phi) is 6.56. The van der Waals surface area contributed by atoms with Crippen LogP contribution in [-0.4, -0.2) is 45.0 Å². The van der Waals surface area contributed by atoms with E-state index < -0.39 is 5.91 Å². The van der Waals surface area contributed by atoms with Crippen LogP contribution in [0.5, 0.6) is 5.75 Å². The van der Waals surface area contributed by atoms with Gasteiger partial charge in [-0.05, 0) is 49.6 Å². The molecule has 8 nitrogen and oxygen atoms in total. The van der Waals surface area contributed by atoms with Crippen molar-refractivity contribution in [2.45, 2.75) is 32.4 Å². The fourth-order valence-electron chi connectivity index (χ4n) is 4.31. The molecule has 3 aromatic heterocycles. The SMILES string of the molecule is Cc1c(C(N)=O)sc2ncnc(Nc3ccc(F)cc3OC3CCN(Cc4ccccn4)CC3)c12. The predicted octanol–water partition coefficient (Wildman–Crippen LogP) is 4.42. The molecule has 1 aliphatic heterocycles. The number of pyridine rings is 1. The van der Waals surface area contributed by atoms with E-state index in [4.69, 9.17) is 10.5 Å². The lowest BCUT2D eigenvalue weighted by Crippen LogP contribution is -2.38. The summed E-state index contributed by atoms with van der Waals surface area (Å²) < 4.78 is 20.4. The number of piperidine rings is 1. The Labute approximate surface area is 206 Å². The number of thiophene rings is 1. The molecule has 1 saturated heterocycles. The molecule has 0 bridgehead atoms. The number of hydrogen-bond acceptors (Lipinski definition) is 8. The van der Waals surface area contributed by atoms with E-state index >= 15 is 0 Å². The van der Waals surface area contributed by atoms with E-state index in [1.54, 1.807) is 12.3 Å². The van der Waals surface area contributed by atoms with Crippen molar-refractivity contribution in [3.63, 3.8) is 0 Å². The number of aromatic nitrogens is 3. The molecule has 0 unspecified atom stereocenters. The number of nitrogens with one attached hydrogen (secondary N) is 1. The Bertz CT molecular complexity index is 1360. The minimum absolute atomic E-state index is 0.0351. The lowest BCUT2D eigenvalue weighted by Gasteiger charge is -2.32. The Morgan fingerprint density at radius 2 is 2.06 bits per heavy atom. The van der Waals surface area contributed by atoms with E-state index in [9.17, 15) is 9.18 Å². The molecule has 1 amide bonds. The van der Waals surface area contributed by atoms with Crippen molar-refractivity contribution in [1.29, 1.82) is 0 Å². The number of amides is 1. The molecule has 4 aromatic rings. The maximum atomic E-state index is 14.2. The summed E-state index contributed by atoms with van der Waals surface area (Å²) in [7, 11) is 0. The fraction of sp³-hybridized carbons (Fsp3) is 0.280. The van der Waals surface area contributed by atoms with Gasteiger partial charge in [0.1, 0.15) is 34.6 Å². The van der Waals surface area contributed by atoms with Crippen molar-refractivity contribution in [3.8, 4) is 5.75 Å². The summed E-state index contributed by atoms with van der Waals surface area (Å²) in [4.78, 5) is 28.3. The summed E-state index contributed by atoms with van der Waals surface area (Å²) >= 11 is 1.23. The number of fused-ring (bicyclic) bond motifs is 1. The number of ether oxygens (including phenoxy) is 1. The number of rotatable bonds is 7. The van der Waals surface area contributed by atoms with Gasteiger partial charge in [-0.2, -0.15) is 0 Å². The Morgan fingerprint density at radius 3 is 2.80 bits per heavy atom. The number of hydrogen-bond donors (Lipinski definition) is 2. The monoisotopic (exact) mass is 492 g/mol. The number of nitrogens with two attached hydrogens (primary N) is 1. The molecule has 4 heterocycles. The minimum Gasteiger partial charge on any atom is -0.488 e. The van der Waals surface area contributed by atoms with Crippen LogP contribution in [0.25, 0.3) is 10.2 Å². The molecule has 1 aromatic carbocycles. The summed E-state index contributed by atoms with van der Waals surface area (Å²) in [5, 5.41) is 3.97. The van der Waals surface area contributed by atoms with Crippen LogP contribution in [0.2, 0.25) is 0 Å². The fourth-order valence-corrected chi connectivity index (χ4v) is 5.31. The average Bonchev–Trinajstić information content (AvgIpc) is 3.20. The first-order chi connectivity index (χ1) is 17.0. The lowest BCUT2D eigenvalue weighted by molar-refractivity contribution is 0.0964. The molecular weight excluding hydrogens is 467 g/mol. The maximum Gasteiger partial charge on any atom is 0.259 e. The highest BCUT2D eigenvalue weighted by Gasteiger charge is 2.23. The molecule has 5 rings (SSSR count). The molecule has 1 fully saturated rings. The number of benzene rings is 1. The molecule has 0 atom stereocenters. The second-order valence-electron chi connectivity index (χ2n) is 8.50. The van der Waals surface area contributed by atoms with E-state index in [0.717, 1.165) is 38.2 Å². The normalized spacial score (nSPS) is 14.8. The van der Waals surface area contributed by atoms with E-state index in [1.807, 2.05) is 25.1 Å². The first-order valence-corrected chi connectivity index (χ1v) is 12.2. The Hall–Kier alpha value is -3.63. The van der Waals surface area contributed by atoms with Gasteiger partial charge in [0.2, 0.25) is 0 Å². The van der Waals surface area contributed by atoms with Gasteiger partial charge >= 0.3 is 0 Å². The van der Waals surface area contributed by atoms with Gasteiger partial charge in [-0.3, -0.25) is 14.7 Å². The van der Waals surface area contributed by atoms with Crippen LogP contribution in [0.15, 0.2) is 48.9 Å². The standard InChI is InChI=1S/C25H25FN6O2S/c1-15-21-24(29-14-30-25(21)35-22(15)23(27)33)31-19-6-5-16(26)12-20(19)34-18-7-10-32(11-8-18)13-17-4-2-3-9-28-17/h2-6,9,12,14,18H,7-8,10-11,13H2,1H3,(H2,27,33)(H,29,30,31). The van der Waals surface area contributed by atoms with Gasteiger partial charge in [-0.25, -0.2) is 14.4 Å². The average molecular weight is 493 g/mol. The van der Waals surface area contributed by atoms with Crippen LogP contribution in [0.3, 0.4) is 0 Å². The maximum absolute atomic E-state index is 14.2. The third kappa shape index (κ3) is 5.08. The highest BCUT2D eigenvalue weighted by molar-refractivity contribution is 7.20. The molecule has 0 spiro atoms. The molecule has 0 radical (unpaired) electrons. The van der Waals surface area contributed by atoms with Crippen LogP contribution in [0, 0.1) is 12.7 Å². The van der Waals surface area contributed by atoms with Crippen molar-refractivity contribution < 1.29 is 13.9 Å². The summed E-state index contributed by atoms with van der Waals surface area (Å²) in [5.41, 5.74) is 7.86. The van der Waals surface area contributed by atoms with Crippen LogP contribution >= 0.6 is 11.3 Å². The highest BCUT2D eigenvalue weighted by atomic mass is 32.1. The molecule has 0 aliphatic carbocycles. The lowest BCUT2D eigenvalue weighted by atomic mass is 10.1. The molecule has 10 heteroatoms. The van der Waals surface area contributed by atoms with E-state index in [2.05, 4.69) is 25.2 Å². The second kappa shape index (κ2) is 9.93. The number of anilines is 2. The van der Waals surface area contributed by atoms with E-state index in [1.165, 1.54) is 29.8 Å². The number of carbonyl (C=O) groups excluding carboxylic acids is 1.